The molecule has 1 aromatic heterocycles. The van der Waals surface area contributed by atoms with Crippen molar-refractivity contribution in [1.82, 2.24) is 15.6 Å². The van der Waals surface area contributed by atoms with Crippen molar-refractivity contribution < 1.29 is 4.79 Å². The number of carbonyl (C=O) groups is 1. The SMILES string of the molecule is CSc1ccc(/C=N\NC(=O)CCc2c(C)n[nH]c2C)cc1. The number of rotatable bonds is 6. The normalized spacial score (nSPS) is 11.0. The van der Waals surface area contributed by atoms with Gasteiger partial charge in [-0.05, 0) is 49.8 Å². The van der Waals surface area contributed by atoms with E-state index >= 15 is 0 Å². The fourth-order valence-corrected chi connectivity index (χ4v) is 2.51. The Labute approximate surface area is 134 Å². The predicted molar refractivity (Wildman–Crippen MR) is 90.3 cm³/mol. The van der Waals surface area contributed by atoms with Gasteiger partial charge < -0.3 is 0 Å². The van der Waals surface area contributed by atoms with E-state index in [2.05, 4.69) is 20.7 Å². The summed E-state index contributed by atoms with van der Waals surface area (Å²) < 4.78 is 0. The van der Waals surface area contributed by atoms with Gasteiger partial charge in [-0.3, -0.25) is 9.89 Å². The number of nitrogens with one attached hydrogen (secondary N) is 2. The third kappa shape index (κ3) is 4.46. The van der Waals surface area contributed by atoms with E-state index in [9.17, 15) is 4.79 Å². The zero-order valence-corrected chi connectivity index (χ0v) is 13.8. The lowest BCUT2D eigenvalue weighted by Crippen LogP contribution is -2.18. The summed E-state index contributed by atoms with van der Waals surface area (Å²) in [5.74, 6) is -0.100. The average Bonchev–Trinajstić information content (AvgIpc) is 2.84. The van der Waals surface area contributed by atoms with Gasteiger partial charge in [-0.25, -0.2) is 5.43 Å². The highest BCUT2D eigenvalue weighted by Crippen LogP contribution is 2.14. The number of H-pyrrole nitrogens is 1. The first-order valence-corrected chi connectivity index (χ1v) is 8.29. The molecule has 0 fully saturated rings. The number of carbonyl (C=O) groups excluding carboxylic acids is 1. The lowest BCUT2D eigenvalue weighted by Gasteiger charge is -2.01. The molecule has 6 heteroatoms. The molecule has 0 saturated carbocycles. The molecule has 0 radical (unpaired) electrons. The van der Waals surface area contributed by atoms with Gasteiger partial charge in [-0.1, -0.05) is 12.1 Å². The van der Waals surface area contributed by atoms with E-state index in [1.807, 2.05) is 44.4 Å². The summed E-state index contributed by atoms with van der Waals surface area (Å²) in [6.07, 6.45) is 4.74. The maximum atomic E-state index is 11.8. The summed E-state index contributed by atoms with van der Waals surface area (Å²) in [6, 6.07) is 8.00. The summed E-state index contributed by atoms with van der Waals surface area (Å²) in [6.45, 7) is 3.90. The molecule has 1 heterocycles. The fourth-order valence-electron chi connectivity index (χ4n) is 2.11. The number of nitrogens with zero attached hydrogens (tertiary/aromatic N) is 2. The molecule has 5 nitrogen and oxygen atoms in total. The number of hydrogen-bond donors (Lipinski definition) is 2. The third-order valence-electron chi connectivity index (χ3n) is 3.40. The highest BCUT2D eigenvalue weighted by Gasteiger charge is 2.08. The second-order valence-corrected chi connectivity index (χ2v) is 5.86. The van der Waals surface area contributed by atoms with Crippen molar-refractivity contribution in [1.29, 1.82) is 0 Å². The van der Waals surface area contributed by atoms with Crippen LogP contribution in [0.5, 0.6) is 0 Å². The monoisotopic (exact) mass is 316 g/mol. The summed E-state index contributed by atoms with van der Waals surface area (Å²) in [5, 5.41) is 11.0. The largest absolute Gasteiger partial charge is 0.282 e. The number of amides is 1. The summed E-state index contributed by atoms with van der Waals surface area (Å²) in [5.41, 5.74) is 6.58. The minimum absolute atomic E-state index is 0.100. The van der Waals surface area contributed by atoms with Gasteiger partial charge in [-0.2, -0.15) is 10.2 Å². The molecular weight excluding hydrogens is 296 g/mol. The van der Waals surface area contributed by atoms with Crippen LogP contribution in [0, 0.1) is 13.8 Å². The van der Waals surface area contributed by atoms with Crippen LogP contribution in [-0.4, -0.2) is 28.6 Å². The lowest BCUT2D eigenvalue weighted by atomic mass is 10.1. The molecule has 1 aromatic carbocycles. The Hall–Kier alpha value is -2.08. The van der Waals surface area contributed by atoms with E-state index in [4.69, 9.17) is 0 Å². The Bertz CT molecular complexity index is 642. The maximum absolute atomic E-state index is 11.8. The van der Waals surface area contributed by atoms with Gasteiger partial charge >= 0.3 is 0 Å². The smallest absolute Gasteiger partial charge is 0.240 e. The molecule has 0 saturated heterocycles. The molecule has 116 valence electrons. The topological polar surface area (TPSA) is 70.1 Å². The second-order valence-electron chi connectivity index (χ2n) is 4.98. The van der Waals surface area contributed by atoms with Crippen LogP contribution in [0.1, 0.15) is 28.9 Å². The van der Waals surface area contributed by atoms with E-state index < -0.39 is 0 Å². The first kappa shape index (κ1) is 16.3. The van der Waals surface area contributed by atoms with E-state index in [0.29, 0.717) is 12.8 Å². The molecule has 0 aliphatic rings. The Kier molecular flexibility index (Phi) is 5.77. The van der Waals surface area contributed by atoms with Crippen LogP contribution in [0.25, 0.3) is 0 Å². The second kappa shape index (κ2) is 7.79. The molecule has 2 aromatic rings. The summed E-state index contributed by atoms with van der Waals surface area (Å²) in [7, 11) is 0. The van der Waals surface area contributed by atoms with Gasteiger partial charge in [0.1, 0.15) is 0 Å². The number of benzene rings is 1. The fraction of sp³-hybridized carbons (Fsp3) is 0.312. The maximum Gasteiger partial charge on any atom is 0.240 e. The van der Waals surface area contributed by atoms with Crippen molar-refractivity contribution in [3.63, 3.8) is 0 Å². The van der Waals surface area contributed by atoms with Crippen molar-refractivity contribution in [2.75, 3.05) is 6.26 Å². The quantitative estimate of drug-likeness (QED) is 0.489. The first-order valence-electron chi connectivity index (χ1n) is 7.06. The van der Waals surface area contributed by atoms with Gasteiger partial charge in [-0.15, -0.1) is 11.8 Å². The van der Waals surface area contributed by atoms with E-state index in [1.54, 1.807) is 18.0 Å². The van der Waals surface area contributed by atoms with Crippen LogP contribution in [0.4, 0.5) is 0 Å². The summed E-state index contributed by atoms with van der Waals surface area (Å²) >= 11 is 1.69. The number of hydrazone groups is 1. The number of aromatic nitrogens is 2. The van der Waals surface area contributed by atoms with Crippen LogP contribution < -0.4 is 5.43 Å². The predicted octanol–water partition coefficient (Wildman–Crippen LogP) is 2.83. The molecular formula is C16H20N4OS. The molecule has 2 rings (SSSR count). The average molecular weight is 316 g/mol. The van der Waals surface area contributed by atoms with Crippen LogP contribution in [-0.2, 0) is 11.2 Å². The lowest BCUT2D eigenvalue weighted by molar-refractivity contribution is -0.121. The molecule has 0 aliphatic carbocycles. The standard InChI is InChI=1S/C16H20N4OS/c1-11-15(12(2)19-18-11)8-9-16(21)20-17-10-13-4-6-14(22-3)7-5-13/h4-7,10H,8-9H2,1-3H3,(H,18,19)(H,20,21)/b17-10-. The van der Waals surface area contributed by atoms with E-state index in [-0.39, 0.29) is 5.91 Å². The zero-order chi connectivity index (χ0) is 15.9. The number of aromatic amines is 1. The van der Waals surface area contributed by atoms with Gasteiger partial charge in [0.15, 0.2) is 0 Å². The third-order valence-corrected chi connectivity index (χ3v) is 4.15. The Morgan fingerprint density at radius 2 is 2.09 bits per heavy atom. The molecule has 2 N–H and O–H groups in total. The van der Waals surface area contributed by atoms with Crippen molar-refractivity contribution in [3.05, 3.63) is 46.8 Å². The van der Waals surface area contributed by atoms with E-state index in [0.717, 1.165) is 22.5 Å². The zero-order valence-electron chi connectivity index (χ0n) is 13.0. The Balaban J connectivity index is 1.81. The minimum Gasteiger partial charge on any atom is -0.282 e. The number of hydrogen-bond acceptors (Lipinski definition) is 4. The molecule has 0 bridgehead atoms. The molecule has 0 aliphatic heterocycles. The minimum atomic E-state index is -0.100. The first-order chi connectivity index (χ1) is 10.6. The number of aryl methyl sites for hydroxylation is 2. The van der Waals surface area contributed by atoms with Crippen molar-refractivity contribution >= 4 is 23.9 Å². The van der Waals surface area contributed by atoms with Crippen LogP contribution in [0.15, 0.2) is 34.3 Å². The number of thioether (sulfide) groups is 1. The van der Waals surface area contributed by atoms with Crippen LogP contribution in [0.3, 0.4) is 0 Å². The van der Waals surface area contributed by atoms with Gasteiger partial charge in [0.05, 0.1) is 11.9 Å². The Morgan fingerprint density at radius 1 is 1.36 bits per heavy atom. The summed E-state index contributed by atoms with van der Waals surface area (Å²) in [4.78, 5) is 13.0. The molecule has 0 unspecified atom stereocenters. The van der Waals surface area contributed by atoms with Crippen molar-refractivity contribution in [2.24, 2.45) is 5.10 Å². The molecule has 0 spiro atoms. The van der Waals surface area contributed by atoms with Crippen molar-refractivity contribution in [3.8, 4) is 0 Å². The Morgan fingerprint density at radius 3 is 2.68 bits per heavy atom. The van der Waals surface area contributed by atoms with Crippen LogP contribution >= 0.6 is 11.8 Å². The molecule has 22 heavy (non-hydrogen) atoms. The highest BCUT2D eigenvalue weighted by atomic mass is 32.2. The van der Waals surface area contributed by atoms with E-state index in [1.165, 1.54) is 4.90 Å². The van der Waals surface area contributed by atoms with Crippen molar-refractivity contribution in [2.45, 2.75) is 31.6 Å². The van der Waals surface area contributed by atoms with Gasteiger partial charge in [0, 0.05) is 17.0 Å². The van der Waals surface area contributed by atoms with Gasteiger partial charge in [0.25, 0.3) is 0 Å². The molecule has 1 amide bonds. The molecule has 0 atom stereocenters. The highest BCUT2D eigenvalue weighted by molar-refractivity contribution is 7.98. The van der Waals surface area contributed by atoms with Crippen LogP contribution in [0.2, 0.25) is 0 Å². The van der Waals surface area contributed by atoms with Gasteiger partial charge in [0.2, 0.25) is 5.91 Å².